The molecule has 0 radical (unpaired) electrons. The quantitative estimate of drug-likeness (QED) is 0.713. The SMILES string of the molecule is CC.Cc1cnc(C)n1-c1ccccn1. The van der Waals surface area contributed by atoms with Crippen molar-refractivity contribution in [2.75, 3.05) is 0 Å². The molecule has 80 valence electrons. The molecule has 3 nitrogen and oxygen atoms in total. The van der Waals surface area contributed by atoms with Gasteiger partial charge < -0.3 is 0 Å². The zero-order chi connectivity index (χ0) is 11.3. The second-order valence-corrected chi connectivity index (χ2v) is 2.97. The molecule has 0 aliphatic heterocycles. The van der Waals surface area contributed by atoms with E-state index < -0.39 is 0 Å². The van der Waals surface area contributed by atoms with Crippen LogP contribution in [0, 0.1) is 13.8 Å². The van der Waals surface area contributed by atoms with E-state index in [2.05, 4.69) is 9.97 Å². The van der Waals surface area contributed by atoms with Crippen LogP contribution in [0.5, 0.6) is 0 Å². The summed E-state index contributed by atoms with van der Waals surface area (Å²) in [6.45, 7) is 8.00. The number of hydrogen-bond acceptors (Lipinski definition) is 2. The van der Waals surface area contributed by atoms with Gasteiger partial charge in [-0.2, -0.15) is 0 Å². The molecule has 0 bridgehead atoms. The molecule has 0 amide bonds. The molecule has 0 aliphatic rings. The van der Waals surface area contributed by atoms with Gasteiger partial charge >= 0.3 is 0 Å². The zero-order valence-corrected chi connectivity index (χ0v) is 9.73. The second kappa shape index (κ2) is 5.29. The Morgan fingerprint density at radius 3 is 2.27 bits per heavy atom. The molecule has 0 saturated heterocycles. The van der Waals surface area contributed by atoms with Crippen LogP contribution in [0.4, 0.5) is 0 Å². The number of pyridine rings is 1. The van der Waals surface area contributed by atoms with Crippen molar-refractivity contribution in [3.63, 3.8) is 0 Å². The highest BCUT2D eigenvalue weighted by Crippen LogP contribution is 2.10. The maximum absolute atomic E-state index is 4.27. The molecule has 15 heavy (non-hydrogen) atoms. The van der Waals surface area contributed by atoms with Crippen LogP contribution in [0.15, 0.2) is 30.6 Å². The number of aromatic nitrogens is 3. The zero-order valence-electron chi connectivity index (χ0n) is 9.73. The largest absolute Gasteiger partial charge is 0.285 e. The van der Waals surface area contributed by atoms with Gasteiger partial charge in [-0.1, -0.05) is 19.9 Å². The van der Waals surface area contributed by atoms with E-state index in [1.807, 2.05) is 56.7 Å². The van der Waals surface area contributed by atoms with E-state index in [0.29, 0.717) is 0 Å². The standard InChI is InChI=1S/C10H11N3.C2H6/c1-8-7-12-9(2)13(8)10-5-3-4-6-11-10;1-2/h3-7H,1-2H3;1-2H3. The minimum absolute atomic E-state index is 0.926. The van der Waals surface area contributed by atoms with E-state index in [4.69, 9.17) is 0 Å². The summed E-state index contributed by atoms with van der Waals surface area (Å²) in [6.07, 6.45) is 3.64. The lowest BCUT2D eigenvalue weighted by Crippen LogP contribution is -2.00. The third-order valence-electron chi connectivity index (χ3n) is 1.99. The Labute approximate surface area is 90.8 Å². The first-order chi connectivity index (χ1) is 7.29. The van der Waals surface area contributed by atoms with Crippen molar-refractivity contribution in [2.45, 2.75) is 27.7 Å². The summed E-state index contributed by atoms with van der Waals surface area (Å²) in [6, 6.07) is 5.86. The lowest BCUT2D eigenvalue weighted by molar-refractivity contribution is 0.903. The molecular weight excluding hydrogens is 186 g/mol. The molecule has 2 rings (SSSR count). The van der Waals surface area contributed by atoms with Crippen LogP contribution in [0.25, 0.3) is 5.82 Å². The fraction of sp³-hybridized carbons (Fsp3) is 0.333. The Hall–Kier alpha value is -1.64. The number of hydrogen-bond donors (Lipinski definition) is 0. The van der Waals surface area contributed by atoms with Gasteiger partial charge in [0.25, 0.3) is 0 Å². The Morgan fingerprint density at radius 1 is 1.07 bits per heavy atom. The summed E-state index contributed by atoms with van der Waals surface area (Å²) < 4.78 is 2.03. The lowest BCUT2D eigenvalue weighted by atomic mass is 10.4. The van der Waals surface area contributed by atoms with Crippen LogP contribution in [0.1, 0.15) is 25.4 Å². The Balaban J connectivity index is 0.000000531. The van der Waals surface area contributed by atoms with Crippen molar-refractivity contribution in [1.29, 1.82) is 0 Å². The normalized spacial score (nSPS) is 9.33. The maximum atomic E-state index is 4.27. The molecule has 0 atom stereocenters. The topological polar surface area (TPSA) is 30.7 Å². The van der Waals surface area contributed by atoms with E-state index in [9.17, 15) is 0 Å². The highest BCUT2D eigenvalue weighted by molar-refractivity contribution is 5.26. The average Bonchev–Trinajstić information content (AvgIpc) is 2.63. The Morgan fingerprint density at radius 2 is 1.80 bits per heavy atom. The van der Waals surface area contributed by atoms with Crippen molar-refractivity contribution in [2.24, 2.45) is 0 Å². The van der Waals surface area contributed by atoms with Crippen molar-refractivity contribution >= 4 is 0 Å². The monoisotopic (exact) mass is 203 g/mol. The summed E-state index contributed by atoms with van der Waals surface area (Å²) >= 11 is 0. The fourth-order valence-corrected chi connectivity index (χ4v) is 1.39. The first-order valence-corrected chi connectivity index (χ1v) is 5.21. The van der Waals surface area contributed by atoms with Crippen LogP contribution < -0.4 is 0 Å². The molecule has 0 spiro atoms. The highest BCUT2D eigenvalue weighted by Gasteiger charge is 2.04. The number of nitrogens with zero attached hydrogens (tertiary/aromatic N) is 3. The van der Waals surface area contributed by atoms with Gasteiger partial charge in [-0.15, -0.1) is 0 Å². The molecule has 0 aromatic carbocycles. The lowest BCUT2D eigenvalue weighted by Gasteiger charge is -2.05. The Bertz CT molecular complexity index is 385. The van der Waals surface area contributed by atoms with Crippen LogP contribution in [-0.2, 0) is 0 Å². The summed E-state index contributed by atoms with van der Waals surface area (Å²) in [4.78, 5) is 8.48. The van der Waals surface area contributed by atoms with E-state index in [-0.39, 0.29) is 0 Å². The van der Waals surface area contributed by atoms with Crippen molar-refractivity contribution in [3.8, 4) is 5.82 Å². The van der Waals surface area contributed by atoms with E-state index in [0.717, 1.165) is 17.3 Å². The summed E-state index contributed by atoms with van der Waals surface area (Å²) in [5.41, 5.74) is 1.11. The first kappa shape index (κ1) is 11.4. The van der Waals surface area contributed by atoms with Crippen molar-refractivity contribution in [3.05, 3.63) is 42.1 Å². The summed E-state index contributed by atoms with van der Waals surface area (Å²) in [5, 5.41) is 0. The van der Waals surface area contributed by atoms with Crippen LogP contribution in [0.3, 0.4) is 0 Å². The van der Waals surface area contributed by atoms with Gasteiger partial charge in [0.15, 0.2) is 0 Å². The Kier molecular flexibility index (Phi) is 4.03. The van der Waals surface area contributed by atoms with Gasteiger partial charge in [0.05, 0.1) is 0 Å². The molecule has 0 fully saturated rings. The summed E-state index contributed by atoms with van der Waals surface area (Å²) in [5.74, 6) is 1.89. The van der Waals surface area contributed by atoms with Gasteiger partial charge in [0.1, 0.15) is 11.6 Å². The fourth-order valence-electron chi connectivity index (χ4n) is 1.39. The molecule has 0 unspecified atom stereocenters. The van der Waals surface area contributed by atoms with Crippen LogP contribution in [-0.4, -0.2) is 14.5 Å². The second-order valence-electron chi connectivity index (χ2n) is 2.97. The van der Waals surface area contributed by atoms with Gasteiger partial charge in [-0.05, 0) is 26.0 Å². The van der Waals surface area contributed by atoms with E-state index in [1.165, 1.54) is 0 Å². The van der Waals surface area contributed by atoms with E-state index >= 15 is 0 Å². The minimum Gasteiger partial charge on any atom is -0.285 e. The average molecular weight is 203 g/mol. The highest BCUT2D eigenvalue weighted by atomic mass is 15.1. The molecule has 2 aromatic heterocycles. The maximum Gasteiger partial charge on any atom is 0.138 e. The van der Waals surface area contributed by atoms with Gasteiger partial charge in [-0.3, -0.25) is 4.57 Å². The molecule has 0 saturated carbocycles. The van der Waals surface area contributed by atoms with Gasteiger partial charge in [0, 0.05) is 18.1 Å². The number of imidazole rings is 1. The number of aryl methyl sites for hydroxylation is 2. The molecule has 0 N–H and O–H groups in total. The predicted octanol–water partition coefficient (Wildman–Crippen LogP) is 2.91. The van der Waals surface area contributed by atoms with Gasteiger partial charge in [-0.25, -0.2) is 9.97 Å². The van der Waals surface area contributed by atoms with Crippen LogP contribution >= 0.6 is 0 Å². The van der Waals surface area contributed by atoms with Crippen molar-refractivity contribution < 1.29 is 0 Å². The minimum atomic E-state index is 0.926. The third-order valence-corrected chi connectivity index (χ3v) is 1.99. The molecule has 0 aliphatic carbocycles. The van der Waals surface area contributed by atoms with Crippen LogP contribution in [0.2, 0.25) is 0 Å². The molecular formula is C12H17N3. The molecule has 2 aromatic rings. The van der Waals surface area contributed by atoms with Crippen molar-refractivity contribution in [1.82, 2.24) is 14.5 Å². The smallest absolute Gasteiger partial charge is 0.138 e. The molecule has 2 heterocycles. The molecule has 3 heteroatoms. The van der Waals surface area contributed by atoms with Gasteiger partial charge in [0.2, 0.25) is 0 Å². The predicted molar refractivity (Wildman–Crippen MR) is 62.2 cm³/mol. The summed E-state index contributed by atoms with van der Waals surface area (Å²) in [7, 11) is 0. The third kappa shape index (κ3) is 2.43. The van der Waals surface area contributed by atoms with E-state index in [1.54, 1.807) is 6.20 Å². The number of rotatable bonds is 1. The first-order valence-electron chi connectivity index (χ1n) is 5.21.